The zero-order valence-electron chi connectivity index (χ0n) is 14.5. The fourth-order valence-electron chi connectivity index (χ4n) is 2.51. The highest BCUT2D eigenvalue weighted by Crippen LogP contribution is 2.43. The van der Waals surface area contributed by atoms with Crippen LogP contribution in [0.1, 0.15) is 39.7 Å². The van der Waals surface area contributed by atoms with Gasteiger partial charge < -0.3 is 4.74 Å². The Kier molecular flexibility index (Phi) is 5.24. The fourth-order valence-corrected chi connectivity index (χ4v) is 3.67. The number of carbonyl (C=O) groups excluding carboxylic acids is 1. The summed E-state index contributed by atoms with van der Waals surface area (Å²) < 4.78 is 6.02. The molecule has 1 unspecified atom stereocenters. The molecule has 1 heterocycles. The van der Waals surface area contributed by atoms with Crippen LogP contribution in [-0.4, -0.2) is 11.5 Å². The lowest BCUT2D eigenvalue weighted by Gasteiger charge is -2.39. The van der Waals surface area contributed by atoms with Gasteiger partial charge in [-0.25, -0.2) is 0 Å². The maximum Gasteiger partial charge on any atom is 0.167 e. The molecule has 0 radical (unpaired) electrons. The molecule has 3 nitrogen and oxygen atoms in total. The van der Waals surface area contributed by atoms with E-state index >= 15 is 0 Å². The van der Waals surface area contributed by atoms with Gasteiger partial charge in [0.05, 0.1) is 6.42 Å². The van der Waals surface area contributed by atoms with Crippen molar-refractivity contribution in [3.63, 3.8) is 0 Å². The predicted molar refractivity (Wildman–Crippen MR) is 101 cm³/mol. The number of benzene rings is 1. The molecule has 1 atom stereocenters. The molecule has 0 spiro atoms. The van der Waals surface area contributed by atoms with Crippen molar-refractivity contribution in [2.24, 2.45) is 11.1 Å². The average molecular weight is 366 g/mol. The molecule has 5 heteroatoms. The van der Waals surface area contributed by atoms with Crippen LogP contribution >= 0.6 is 24.2 Å². The lowest BCUT2D eigenvalue weighted by Crippen LogP contribution is -2.51. The molecule has 0 bridgehead atoms. The Morgan fingerprint density at radius 1 is 1.12 bits per heavy atom. The van der Waals surface area contributed by atoms with Gasteiger partial charge in [-0.2, -0.15) is 0 Å². The molecule has 1 aliphatic heterocycles. The average Bonchev–Trinajstić information content (AvgIpc) is 2.44. The number of fused-ring (bicyclic) bond motifs is 1. The second kappa shape index (κ2) is 6.58. The SMILES string of the molecule is CC(C)(C)C(C)(N)OC1=CC2=C(Cc3ccccc3S2)C(=O)C1.Cl. The topological polar surface area (TPSA) is 52.3 Å². The molecule has 0 fully saturated rings. The molecular weight excluding hydrogens is 342 g/mol. The lowest BCUT2D eigenvalue weighted by molar-refractivity contribution is -0.118. The van der Waals surface area contributed by atoms with Gasteiger partial charge in [0.2, 0.25) is 0 Å². The summed E-state index contributed by atoms with van der Waals surface area (Å²) in [7, 11) is 0. The third kappa shape index (κ3) is 3.56. The number of Topliss-reactive ketones (excluding diaryl/α,β-unsaturated/α-hetero) is 1. The van der Waals surface area contributed by atoms with Crippen LogP contribution < -0.4 is 5.73 Å². The van der Waals surface area contributed by atoms with E-state index in [1.165, 1.54) is 10.5 Å². The lowest BCUT2D eigenvalue weighted by atomic mass is 9.84. The van der Waals surface area contributed by atoms with Crippen LogP contribution in [0.2, 0.25) is 0 Å². The molecule has 2 aliphatic rings. The van der Waals surface area contributed by atoms with Crippen LogP contribution in [0.3, 0.4) is 0 Å². The summed E-state index contributed by atoms with van der Waals surface area (Å²) >= 11 is 1.64. The number of carbonyl (C=O) groups is 1. The molecule has 2 N–H and O–H groups in total. The van der Waals surface area contributed by atoms with E-state index in [9.17, 15) is 4.79 Å². The summed E-state index contributed by atoms with van der Waals surface area (Å²) in [5, 5.41) is 0. The number of ketones is 1. The normalized spacial score (nSPS) is 19.5. The number of allylic oxidation sites excluding steroid dienone is 3. The second-order valence-electron chi connectivity index (χ2n) is 7.40. The number of thioether (sulfide) groups is 1. The van der Waals surface area contributed by atoms with E-state index in [4.69, 9.17) is 10.5 Å². The van der Waals surface area contributed by atoms with Crippen LogP contribution in [0.5, 0.6) is 0 Å². The quantitative estimate of drug-likeness (QED) is 0.778. The van der Waals surface area contributed by atoms with Crippen molar-refractivity contribution in [3.8, 4) is 0 Å². The van der Waals surface area contributed by atoms with Crippen molar-refractivity contribution in [1.29, 1.82) is 0 Å². The van der Waals surface area contributed by atoms with Gasteiger partial charge in [-0.05, 0) is 24.6 Å². The highest BCUT2D eigenvalue weighted by atomic mass is 35.5. The fraction of sp³-hybridized carbons (Fsp3) is 0.421. The van der Waals surface area contributed by atoms with Gasteiger partial charge in [-0.1, -0.05) is 50.7 Å². The first-order chi connectivity index (χ1) is 10.7. The van der Waals surface area contributed by atoms with E-state index in [0.29, 0.717) is 18.6 Å². The van der Waals surface area contributed by atoms with Crippen LogP contribution in [0.15, 0.2) is 51.5 Å². The minimum Gasteiger partial charge on any atom is -0.477 e. The summed E-state index contributed by atoms with van der Waals surface area (Å²) in [5.74, 6) is 0.810. The Morgan fingerprint density at radius 3 is 2.46 bits per heavy atom. The van der Waals surface area contributed by atoms with Gasteiger partial charge in [-0.3, -0.25) is 10.5 Å². The summed E-state index contributed by atoms with van der Waals surface area (Å²) in [6.45, 7) is 7.98. The summed E-state index contributed by atoms with van der Waals surface area (Å²) in [4.78, 5) is 14.8. The van der Waals surface area contributed by atoms with E-state index in [2.05, 4.69) is 12.1 Å². The molecule has 0 aromatic heterocycles. The Labute approximate surface area is 154 Å². The van der Waals surface area contributed by atoms with E-state index < -0.39 is 5.72 Å². The summed E-state index contributed by atoms with van der Waals surface area (Å²) in [5.41, 5.74) is 7.39. The minimum atomic E-state index is -0.825. The smallest absolute Gasteiger partial charge is 0.167 e. The second-order valence-corrected chi connectivity index (χ2v) is 8.48. The Morgan fingerprint density at radius 2 is 1.79 bits per heavy atom. The molecule has 0 saturated carbocycles. The van der Waals surface area contributed by atoms with E-state index in [1.807, 2.05) is 45.9 Å². The predicted octanol–water partition coefficient (Wildman–Crippen LogP) is 4.61. The Bertz CT molecular complexity index is 729. The van der Waals surface area contributed by atoms with Gasteiger partial charge in [-0.15, -0.1) is 12.4 Å². The standard InChI is InChI=1S/C19H23NO2S.ClH/c1-18(2,3)19(4,20)22-13-10-15(21)14-9-12-7-5-6-8-16(12)23-17(14)11-13;/h5-8,11H,9-10,20H2,1-4H3;1H. The van der Waals surface area contributed by atoms with E-state index in [-0.39, 0.29) is 23.6 Å². The summed E-state index contributed by atoms with van der Waals surface area (Å²) in [6.07, 6.45) is 3.00. The number of rotatable bonds is 2. The van der Waals surface area contributed by atoms with E-state index in [1.54, 1.807) is 11.8 Å². The number of ether oxygens (including phenoxy) is 1. The van der Waals surface area contributed by atoms with Crippen molar-refractivity contribution in [1.82, 2.24) is 0 Å². The molecule has 0 saturated heterocycles. The number of hydrogen-bond acceptors (Lipinski definition) is 4. The Hall–Kier alpha value is -1.23. The van der Waals surface area contributed by atoms with Crippen molar-refractivity contribution in [2.75, 3.05) is 0 Å². The van der Waals surface area contributed by atoms with Crippen molar-refractivity contribution in [3.05, 3.63) is 52.1 Å². The third-order valence-corrected chi connectivity index (χ3v) is 5.86. The van der Waals surface area contributed by atoms with Gasteiger partial charge >= 0.3 is 0 Å². The highest BCUT2D eigenvalue weighted by Gasteiger charge is 2.38. The molecular formula is C19H24ClNO2S. The van der Waals surface area contributed by atoms with Crippen LogP contribution in [-0.2, 0) is 16.0 Å². The first-order valence-corrected chi connectivity index (χ1v) is 8.69. The molecule has 130 valence electrons. The van der Waals surface area contributed by atoms with Crippen LogP contribution in [0, 0.1) is 5.41 Å². The van der Waals surface area contributed by atoms with Gasteiger partial charge in [0.15, 0.2) is 11.5 Å². The zero-order valence-corrected chi connectivity index (χ0v) is 16.1. The maximum atomic E-state index is 12.6. The van der Waals surface area contributed by atoms with Crippen molar-refractivity contribution in [2.45, 2.75) is 51.2 Å². The van der Waals surface area contributed by atoms with E-state index in [0.717, 1.165) is 10.5 Å². The minimum absolute atomic E-state index is 0. The molecule has 3 rings (SSSR count). The molecule has 1 aromatic rings. The number of nitrogens with two attached hydrogens (primary N) is 1. The van der Waals surface area contributed by atoms with Crippen molar-refractivity contribution < 1.29 is 9.53 Å². The number of halogens is 1. The largest absolute Gasteiger partial charge is 0.477 e. The maximum absolute atomic E-state index is 12.6. The van der Waals surface area contributed by atoms with Crippen molar-refractivity contribution >= 4 is 30.0 Å². The molecule has 0 amide bonds. The number of hydrogen-bond donors (Lipinski definition) is 1. The third-order valence-electron chi connectivity index (χ3n) is 4.65. The first kappa shape index (κ1) is 19.1. The molecule has 24 heavy (non-hydrogen) atoms. The zero-order chi connectivity index (χ0) is 16.8. The summed E-state index contributed by atoms with van der Waals surface area (Å²) in [6, 6.07) is 8.23. The molecule has 1 aliphatic carbocycles. The first-order valence-electron chi connectivity index (χ1n) is 7.88. The highest BCUT2D eigenvalue weighted by molar-refractivity contribution is 8.03. The van der Waals surface area contributed by atoms with Gasteiger partial charge in [0.1, 0.15) is 5.76 Å². The monoisotopic (exact) mass is 365 g/mol. The van der Waals surface area contributed by atoms with Gasteiger partial charge in [0, 0.05) is 27.2 Å². The van der Waals surface area contributed by atoms with Crippen LogP contribution in [0.25, 0.3) is 0 Å². The Balaban J connectivity index is 0.00000208. The molecule has 1 aromatic carbocycles. The van der Waals surface area contributed by atoms with Crippen LogP contribution in [0.4, 0.5) is 0 Å². The van der Waals surface area contributed by atoms with Gasteiger partial charge in [0.25, 0.3) is 0 Å².